The first-order valence-electron chi connectivity index (χ1n) is 6.52. The average molecular weight is 300 g/mol. The number of Topliss-reactive ketones (excluding diaryl/α,β-unsaturated/α-hetero) is 1. The van der Waals surface area contributed by atoms with Crippen molar-refractivity contribution in [3.05, 3.63) is 35.9 Å². The van der Waals surface area contributed by atoms with Gasteiger partial charge in [-0.1, -0.05) is 30.3 Å². The molecule has 0 aromatic heterocycles. The first kappa shape index (κ1) is 17.1. The smallest absolute Gasteiger partial charge is 0.292 e. The summed E-state index contributed by atoms with van der Waals surface area (Å²) in [6, 6.07) is 8.66. The SMILES string of the molecule is CC(C)OP(=O)(OCC(=O)c1ccccc1)OC(C)C. The van der Waals surface area contributed by atoms with Crippen molar-refractivity contribution in [1.82, 2.24) is 0 Å². The molecule has 1 rings (SSSR count). The van der Waals surface area contributed by atoms with Crippen molar-refractivity contribution in [2.45, 2.75) is 39.9 Å². The molecule has 0 heterocycles. The lowest BCUT2D eigenvalue weighted by molar-refractivity contribution is 0.0630. The van der Waals surface area contributed by atoms with Gasteiger partial charge in [0.15, 0.2) is 5.78 Å². The van der Waals surface area contributed by atoms with Crippen LogP contribution in [0.3, 0.4) is 0 Å². The van der Waals surface area contributed by atoms with Gasteiger partial charge in [-0.05, 0) is 27.7 Å². The molecule has 0 N–H and O–H groups in total. The lowest BCUT2D eigenvalue weighted by Gasteiger charge is -2.21. The molecule has 0 saturated heterocycles. The van der Waals surface area contributed by atoms with Crippen LogP contribution >= 0.6 is 7.82 Å². The van der Waals surface area contributed by atoms with E-state index in [1.54, 1.807) is 52.0 Å². The lowest BCUT2D eigenvalue weighted by atomic mass is 10.1. The van der Waals surface area contributed by atoms with E-state index in [0.717, 1.165) is 0 Å². The fourth-order valence-electron chi connectivity index (χ4n) is 1.45. The first-order valence-corrected chi connectivity index (χ1v) is 7.98. The molecular weight excluding hydrogens is 279 g/mol. The Bertz CT molecular complexity index is 456. The number of benzene rings is 1. The van der Waals surface area contributed by atoms with E-state index in [2.05, 4.69) is 0 Å². The third kappa shape index (κ3) is 5.97. The van der Waals surface area contributed by atoms with Crippen molar-refractivity contribution in [2.24, 2.45) is 0 Å². The molecule has 0 atom stereocenters. The van der Waals surface area contributed by atoms with Crippen LogP contribution in [-0.4, -0.2) is 24.6 Å². The van der Waals surface area contributed by atoms with Crippen molar-refractivity contribution < 1.29 is 22.9 Å². The van der Waals surface area contributed by atoms with Crippen LogP contribution in [0.5, 0.6) is 0 Å². The summed E-state index contributed by atoms with van der Waals surface area (Å²) in [5, 5.41) is 0. The van der Waals surface area contributed by atoms with E-state index < -0.39 is 7.82 Å². The number of phosphoric acid groups is 1. The Balaban J connectivity index is 2.67. The third-order valence-electron chi connectivity index (χ3n) is 2.13. The Hall–Kier alpha value is -1.00. The fraction of sp³-hybridized carbons (Fsp3) is 0.500. The van der Waals surface area contributed by atoms with Crippen LogP contribution in [-0.2, 0) is 18.1 Å². The Morgan fingerprint density at radius 2 is 1.55 bits per heavy atom. The van der Waals surface area contributed by atoms with Gasteiger partial charge in [-0.15, -0.1) is 0 Å². The summed E-state index contributed by atoms with van der Waals surface area (Å²) in [7, 11) is -3.73. The quantitative estimate of drug-likeness (QED) is 0.539. The maximum atomic E-state index is 12.4. The molecule has 20 heavy (non-hydrogen) atoms. The Morgan fingerprint density at radius 1 is 1.05 bits per heavy atom. The molecule has 0 fully saturated rings. The van der Waals surface area contributed by atoms with Gasteiger partial charge in [0.05, 0.1) is 12.2 Å². The van der Waals surface area contributed by atoms with Gasteiger partial charge in [-0.3, -0.25) is 18.4 Å². The predicted molar refractivity (Wildman–Crippen MR) is 76.8 cm³/mol. The van der Waals surface area contributed by atoms with E-state index >= 15 is 0 Å². The summed E-state index contributed by atoms with van der Waals surface area (Å²) in [6.45, 7) is 6.54. The van der Waals surface area contributed by atoms with Gasteiger partial charge in [0, 0.05) is 5.56 Å². The molecule has 1 aromatic carbocycles. The topological polar surface area (TPSA) is 61.8 Å². The molecule has 0 radical (unpaired) electrons. The number of rotatable bonds is 8. The number of hydrogen-bond acceptors (Lipinski definition) is 5. The van der Waals surface area contributed by atoms with Gasteiger partial charge >= 0.3 is 7.82 Å². The molecule has 0 aliphatic rings. The van der Waals surface area contributed by atoms with Crippen molar-refractivity contribution in [3.8, 4) is 0 Å². The van der Waals surface area contributed by atoms with Crippen molar-refractivity contribution in [1.29, 1.82) is 0 Å². The second kappa shape index (κ2) is 7.70. The van der Waals surface area contributed by atoms with E-state index in [0.29, 0.717) is 5.56 Å². The highest BCUT2D eigenvalue weighted by atomic mass is 31.2. The standard InChI is InChI=1S/C14H21O5P/c1-11(2)18-20(16,19-12(3)4)17-10-14(15)13-8-6-5-7-9-13/h5-9,11-12H,10H2,1-4H3. The largest absolute Gasteiger partial charge is 0.475 e. The van der Waals surface area contributed by atoms with Gasteiger partial charge in [0.2, 0.25) is 0 Å². The molecule has 112 valence electrons. The Labute approximate surface area is 119 Å². The Morgan fingerprint density at radius 3 is 2.00 bits per heavy atom. The van der Waals surface area contributed by atoms with E-state index in [4.69, 9.17) is 13.6 Å². The van der Waals surface area contributed by atoms with Crippen molar-refractivity contribution in [2.75, 3.05) is 6.61 Å². The van der Waals surface area contributed by atoms with Crippen LogP contribution in [0.15, 0.2) is 30.3 Å². The molecule has 0 unspecified atom stereocenters. The maximum absolute atomic E-state index is 12.4. The lowest BCUT2D eigenvalue weighted by Crippen LogP contribution is -2.14. The predicted octanol–water partition coefficient (Wildman–Crippen LogP) is 3.84. The van der Waals surface area contributed by atoms with Crippen LogP contribution in [0, 0.1) is 0 Å². The molecule has 0 spiro atoms. The summed E-state index contributed by atoms with van der Waals surface area (Å²) in [5.74, 6) is -0.273. The Kier molecular flexibility index (Phi) is 6.56. The normalized spacial score (nSPS) is 12.1. The average Bonchev–Trinajstić information content (AvgIpc) is 2.35. The van der Waals surface area contributed by atoms with Crippen LogP contribution in [0.2, 0.25) is 0 Å². The summed E-state index contributed by atoms with van der Waals surface area (Å²) in [5.41, 5.74) is 0.494. The van der Waals surface area contributed by atoms with Gasteiger partial charge < -0.3 is 0 Å². The number of ketones is 1. The minimum Gasteiger partial charge on any atom is -0.292 e. The van der Waals surface area contributed by atoms with Gasteiger partial charge in [0.25, 0.3) is 0 Å². The molecule has 0 amide bonds. The highest BCUT2D eigenvalue weighted by molar-refractivity contribution is 7.48. The second-order valence-corrected chi connectivity index (χ2v) is 6.39. The number of hydrogen-bond donors (Lipinski definition) is 0. The minimum atomic E-state index is -3.73. The van der Waals surface area contributed by atoms with E-state index in [9.17, 15) is 9.36 Å². The molecule has 0 saturated carbocycles. The van der Waals surface area contributed by atoms with Crippen molar-refractivity contribution in [3.63, 3.8) is 0 Å². The summed E-state index contributed by atoms with van der Waals surface area (Å²) in [6.07, 6.45) is -0.655. The molecule has 6 heteroatoms. The van der Waals surface area contributed by atoms with Gasteiger partial charge in [0.1, 0.15) is 6.61 Å². The zero-order valence-corrected chi connectivity index (χ0v) is 13.1. The minimum absolute atomic E-state index is 0.273. The van der Waals surface area contributed by atoms with Gasteiger partial charge in [-0.2, -0.15) is 0 Å². The molecular formula is C14H21O5P. The summed E-state index contributed by atoms with van der Waals surface area (Å²) >= 11 is 0. The molecule has 1 aromatic rings. The first-order chi connectivity index (χ1) is 9.32. The summed E-state index contributed by atoms with van der Waals surface area (Å²) < 4.78 is 27.9. The zero-order chi connectivity index (χ0) is 15.2. The third-order valence-corrected chi connectivity index (χ3v) is 3.93. The van der Waals surface area contributed by atoms with E-state index in [1.807, 2.05) is 6.07 Å². The van der Waals surface area contributed by atoms with Crippen LogP contribution in [0.25, 0.3) is 0 Å². The molecule has 0 aliphatic heterocycles. The second-order valence-electron chi connectivity index (χ2n) is 4.82. The fourth-order valence-corrected chi connectivity index (χ4v) is 2.93. The monoisotopic (exact) mass is 300 g/mol. The van der Waals surface area contributed by atoms with E-state index in [1.165, 1.54) is 0 Å². The number of carbonyl (C=O) groups is 1. The van der Waals surface area contributed by atoms with Crippen LogP contribution < -0.4 is 0 Å². The van der Waals surface area contributed by atoms with Crippen LogP contribution in [0.1, 0.15) is 38.1 Å². The summed E-state index contributed by atoms with van der Waals surface area (Å²) in [4.78, 5) is 11.9. The zero-order valence-electron chi connectivity index (χ0n) is 12.2. The molecule has 0 bridgehead atoms. The highest BCUT2D eigenvalue weighted by Gasteiger charge is 2.30. The van der Waals surface area contributed by atoms with Crippen molar-refractivity contribution >= 4 is 13.6 Å². The number of phosphoric ester groups is 1. The van der Waals surface area contributed by atoms with Gasteiger partial charge in [-0.25, -0.2) is 4.57 Å². The maximum Gasteiger partial charge on any atom is 0.475 e. The molecule has 5 nitrogen and oxygen atoms in total. The highest BCUT2D eigenvalue weighted by Crippen LogP contribution is 2.51. The van der Waals surface area contributed by atoms with Crippen LogP contribution in [0.4, 0.5) is 0 Å². The molecule has 0 aliphatic carbocycles. The van der Waals surface area contributed by atoms with E-state index in [-0.39, 0.29) is 24.6 Å². The number of carbonyl (C=O) groups excluding carboxylic acids is 1.